The highest BCUT2D eigenvalue weighted by Crippen LogP contribution is 2.22. The third-order valence-corrected chi connectivity index (χ3v) is 3.69. The molecule has 96 valence electrons. The molecule has 1 aromatic heterocycles. The molecular formula is C14H20N4. The van der Waals surface area contributed by atoms with E-state index in [1.54, 1.807) is 0 Å². The van der Waals surface area contributed by atoms with Gasteiger partial charge < -0.3 is 15.2 Å². The summed E-state index contributed by atoms with van der Waals surface area (Å²) in [5.74, 6) is 1.76. The van der Waals surface area contributed by atoms with Crippen molar-refractivity contribution >= 4 is 17.0 Å². The SMILES string of the molecule is CNCC1CCCN(c2nc3ccccc3[nH]2)C1. The van der Waals surface area contributed by atoms with Crippen molar-refractivity contribution < 1.29 is 0 Å². The first-order valence-corrected chi connectivity index (χ1v) is 6.71. The summed E-state index contributed by atoms with van der Waals surface area (Å²) in [5, 5.41) is 3.28. The van der Waals surface area contributed by atoms with E-state index in [2.05, 4.69) is 32.3 Å². The number of imidazole rings is 1. The first-order valence-electron chi connectivity index (χ1n) is 6.71. The monoisotopic (exact) mass is 244 g/mol. The van der Waals surface area contributed by atoms with Crippen LogP contribution < -0.4 is 10.2 Å². The number of hydrogen-bond donors (Lipinski definition) is 2. The molecule has 2 N–H and O–H groups in total. The molecule has 18 heavy (non-hydrogen) atoms. The first-order chi connectivity index (χ1) is 8.86. The molecule has 0 aliphatic carbocycles. The lowest BCUT2D eigenvalue weighted by molar-refractivity contribution is 0.400. The number of aromatic amines is 1. The van der Waals surface area contributed by atoms with Gasteiger partial charge in [0.05, 0.1) is 11.0 Å². The number of anilines is 1. The van der Waals surface area contributed by atoms with E-state index in [0.717, 1.165) is 42.5 Å². The van der Waals surface area contributed by atoms with Gasteiger partial charge in [0.25, 0.3) is 0 Å². The normalized spacial score (nSPS) is 20.5. The van der Waals surface area contributed by atoms with Gasteiger partial charge >= 0.3 is 0 Å². The minimum Gasteiger partial charge on any atom is -0.342 e. The number of aromatic nitrogens is 2. The van der Waals surface area contributed by atoms with Crippen LogP contribution in [0.5, 0.6) is 0 Å². The molecule has 1 saturated heterocycles. The van der Waals surface area contributed by atoms with Gasteiger partial charge in [0, 0.05) is 13.1 Å². The number of benzene rings is 1. The minimum atomic E-state index is 0.733. The Morgan fingerprint density at radius 1 is 1.44 bits per heavy atom. The first kappa shape index (κ1) is 11.5. The summed E-state index contributed by atoms with van der Waals surface area (Å²) in [7, 11) is 2.03. The van der Waals surface area contributed by atoms with Gasteiger partial charge in [-0.25, -0.2) is 4.98 Å². The summed E-state index contributed by atoms with van der Waals surface area (Å²) in [6.07, 6.45) is 2.57. The third kappa shape index (κ3) is 2.20. The van der Waals surface area contributed by atoms with Crippen LogP contribution in [0.1, 0.15) is 12.8 Å². The molecule has 4 nitrogen and oxygen atoms in total. The smallest absolute Gasteiger partial charge is 0.203 e. The molecule has 1 aliphatic heterocycles. The van der Waals surface area contributed by atoms with E-state index < -0.39 is 0 Å². The number of para-hydroxylation sites is 2. The molecule has 0 bridgehead atoms. The maximum absolute atomic E-state index is 4.68. The van der Waals surface area contributed by atoms with Crippen LogP contribution in [0.25, 0.3) is 11.0 Å². The Labute approximate surface area is 107 Å². The molecule has 1 aromatic carbocycles. The van der Waals surface area contributed by atoms with Gasteiger partial charge in [-0.05, 0) is 44.5 Å². The molecule has 1 fully saturated rings. The van der Waals surface area contributed by atoms with Crippen LogP contribution in [0.4, 0.5) is 5.95 Å². The summed E-state index contributed by atoms with van der Waals surface area (Å²) < 4.78 is 0. The lowest BCUT2D eigenvalue weighted by atomic mass is 9.98. The predicted octanol–water partition coefficient (Wildman–Crippen LogP) is 2.00. The van der Waals surface area contributed by atoms with Crippen molar-refractivity contribution in [2.24, 2.45) is 5.92 Å². The van der Waals surface area contributed by atoms with E-state index in [1.807, 2.05) is 19.2 Å². The van der Waals surface area contributed by atoms with Gasteiger partial charge in [-0.1, -0.05) is 12.1 Å². The topological polar surface area (TPSA) is 44.0 Å². The minimum absolute atomic E-state index is 0.733. The number of nitrogens with one attached hydrogen (secondary N) is 2. The average molecular weight is 244 g/mol. The molecule has 2 heterocycles. The highest BCUT2D eigenvalue weighted by atomic mass is 15.3. The molecule has 1 atom stereocenters. The van der Waals surface area contributed by atoms with Gasteiger partial charge in [0.2, 0.25) is 5.95 Å². The zero-order chi connectivity index (χ0) is 12.4. The Hall–Kier alpha value is -1.55. The standard InChI is InChI=1S/C14H20N4/c1-15-9-11-5-4-8-18(10-11)14-16-12-6-2-3-7-13(12)17-14/h2-3,6-7,11,15H,4-5,8-10H2,1H3,(H,16,17). The quantitative estimate of drug-likeness (QED) is 0.868. The maximum atomic E-state index is 4.68. The summed E-state index contributed by atoms with van der Waals surface area (Å²) in [5.41, 5.74) is 2.19. The Morgan fingerprint density at radius 2 is 2.33 bits per heavy atom. The number of H-pyrrole nitrogens is 1. The van der Waals surface area contributed by atoms with Crippen LogP contribution >= 0.6 is 0 Å². The molecule has 0 amide bonds. The van der Waals surface area contributed by atoms with Crippen LogP contribution in [0, 0.1) is 5.92 Å². The van der Waals surface area contributed by atoms with E-state index in [0.29, 0.717) is 0 Å². The van der Waals surface area contributed by atoms with Crippen LogP contribution in [0.2, 0.25) is 0 Å². The molecular weight excluding hydrogens is 224 g/mol. The van der Waals surface area contributed by atoms with Gasteiger partial charge in [0.15, 0.2) is 0 Å². The Morgan fingerprint density at radius 3 is 3.17 bits per heavy atom. The summed E-state index contributed by atoms with van der Waals surface area (Å²) in [4.78, 5) is 10.5. The van der Waals surface area contributed by atoms with Crippen molar-refractivity contribution in [1.82, 2.24) is 15.3 Å². The van der Waals surface area contributed by atoms with Crippen LogP contribution in [-0.2, 0) is 0 Å². The highest BCUT2D eigenvalue weighted by Gasteiger charge is 2.21. The Kier molecular flexibility index (Phi) is 3.19. The fourth-order valence-electron chi connectivity index (χ4n) is 2.80. The number of hydrogen-bond acceptors (Lipinski definition) is 3. The molecule has 0 radical (unpaired) electrons. The van der Waals surface area contributed by atoms with Crippen molar-refractivity contribution in [2.45, 2.75) is 12.8 Å². The zero-order valence-electron chi connectivity index (χ0n) is 10.8. The Bertz CT molecular complexity index is 484. The molecule has 1 aliphatic rings. The molecule has 0 saturated carbocycles. The molecule has 3 rings (SSSR count). The second kappa shape index (κ2) is 4.98. The fourth-order valence-corrected chi connectivity index (χ4v) is 2.80. The summed E-state index contributed by atoms with van der Waals surface area (Å²) in [6, 6.07) is 8.22. The lowest BCUT2D eigenvalue weighted by Crippen LogP contribution is -2.39. The van der Waals surface area contributed by atoms with Crippen LogP contribution in [0.15, 0.2) is 24.3 Å². The second-order valence-corrected chi connectivity index (χ2v) is 5.09. The zero-order valence-corrected chi connectivity index (χ0v) is 10.8. The summed E-state index contributed by atoms with van der Waals surface area (Å²) in [6.45, 7) is 3.30. The average Bonchev–Trinajstić information content (AvgIpc) is 2.83. The van der Waals surface area contributed by atoms with E-state index in [1.165, 1.54) is 12.8 Å². The lowest BCUT2D eigenvalue weighted by Gasteiger charge is -2.32. The number of rotatable bonds is 3. The molecule has 1 unspecified atom stereocenters. The van der Waals surface area contributed by atoms with Crippen molar-refractivity contribution in [1.29, 1.82) is 0 Å². The predicted molar refractivity (Wildman–Crippen MR) is 75.0 cm³/mol. The largest absolute Gasteiger partial charge is 0.342 e. The van der Waals surface area contributed by atoms with Crippen LogP contribution in [0.3, 0.4) is 0 Å². The van der Waals surface area contributed by atoms with E-state index >= 15 is 0 Å². The van der Waals surface area contributed by atoms with E-state index in [4.69, 9.17) is 0 Å². The van der Waals surface area contributed by atoms with Crippen LogP contribution in [-0.4, -0.2) is 36.6 Å². The number of piperidine rings is 1. The summed E-state index contributed by atoms with van der Waals surface area (Å²) >= 11 is 0. The van der Waals surface area contributed by atoms with Gasteiger partial charge in [-0.3, -0.25) is 0 Å². The van der Waals surface area contributed by atoms with Gasteiger partial charge in [0.1, 0.15) is 0 Å². The maximum Gasteiger partial charge on any atom is 0.203 e. The van der Waals surface area contributed by atoms with Crippen molar-refractivity contribution in [3.8, 4) is 0 Å². The van der Waals surface area contributed by atoms with Crippen molar-refractivity contribution in [2.75, 3.05) is 31.6 Å². The second-order valence-electron chi connectivity index (χ2n) is 5.09. The Balaban J connectivity index is 1.80. The third-order valence-electron chi connectivity index (χ3n) is 3.69. The van der Waals surface area contributed by atoms with Crippen molar-refractivity contribution in [3.63, 3.8) is 0 Å². The van der Waals surface area contributed by atoms with E-state index in [-0.39, 0.29) is 0 Å². The highest BCUT2D eigenvalue weighted by molar-refractivity contribution is 5.77. The van der Waals surface area contributed by atoms with Gasteiger partial charge in [-0.2, -0.15) is 0 Å². The van der Waals surface area contributed by atoms with Gasteiger partial charge in [-0.15, -0.1) is 0 Å². The molecule has 4 heteroatoms. The molecule has 0 spiro atoms. The molecule has 2 aromatic rings. The van der Waals surface area contributed by atoms with E-state index in [9.17, 15) is 0 Å². The number of fused-ring (bicyclic) bond motifs is 1. The van der Waals surface area contributed by atoms with Crippen molar-refractivity contribution in [3.05, 3.63) is 24.3 Å². The number of nitrogens with zero attached hydrogens (tertiary/aromatic N) is 2. The fraction of sp³-hybridized carbons (Fsp3) is 0.500.